The Kier molecular flexibility index (Phi) is 10.7. The van der Waals surface area contributed by atoms with Gasteiger partial charge in [-0.25, -0.2) is 0 Å². The molecule has 2 fully saturated rings. The second kappa shape index (κ2) is 14.4. The Morgan fingerprint density at radius 2 is 1.93 bits per heavy atom. The van der Waals surface area contributed by atoms with E-state index in [1.54, 1.807) is 6.08 Å². The molecule has 0 bridgehead atoms. The molecule has 1 aromatic carbocycles. The first-order valence-corrected chi connectivity index (χ1v) is 14.9. The SMILES string of the molecule is C=CCN=C(C(CCCCC(=O)O)=NC/C=C(\C)C(=O)N1CCC2CC2(C2=CCC=CC=C2)C1)c1ccc(Cl)cc1. The van der Waals surface area contributed by atoms with Crippen molar-refractivity contribution in [2.45, 2.75) is 51.9 Å². The zero-order valence-corrected chi connectivity index (χ0v) is 24.7. The topological polar surface area (TPSA) is 82.3 Å². The first-order chi connectivity index (χ1) is 19.8. The van der Waals surface area contributed by atoms with Crippen LogP contribution in [0, 0.1) is 11.3 Å². The molecular weight excluding hydrogens is 534 g/mol. The van der Waals surface area contributed by atoms with Crippen LogP contribution in [0.3, 0.4) is 0 Å². The summed E-state index contributed by atoms with van der Waals surface area (Å²) < 4.78 is 0. The standard InChI is InChI=1S/C34H40ClN3O3/c1-3-20-37-32(26-14-16-29(35)17-15-26)30(12-8-9-13-31(39)40)36-21-18-25(2)33(41)38-22-19-28-23-34(28,24-38)27-10-6-4-5-7-11-27/h3-6,10-11,14-18,28H,1,7-9,12-13,19-24H2,2H3,(H,39,40)/b25-18+,36-30?,37-32?. The molecule has 4 rings (SSSR count). The van der Waals surface area contributed by atoms with Gasteiger partial charge in [-0.3, -0.25) is 19.6 Å². The van der Waals surface area contributed by atoms with E-state index in [1.807, 2.05) is 42.2 Å². The Bertz CT molecular complexity index is 1320. The van der Waals surface area contributed by atoms with Gasteiger partial charge in [0.25, 0.3) is 0 Å². The summed E-state index contributed by atoms with van der Waals surface area (Å²) in [5, 5.41) is 9.69. The van der Waals surface area contributed by atoms with E-state index in [0.717, 1.165) is 49.3 Å². The van der Waals surface area contributed by atoms with Crippen molar-refractivity contribution in [3.05, 3.63) is 95.1 Å². The van der Waals surface area contributed by atoms with Crippen LogP contribution in [0.15, 0.2) is 94.5 Å². The molecule has 0 spiro atoms. The van der Waals surface area contributed by atoms with Crippen LogP contribution in [-0.4, -0.2) is 59.5 Å². The molecule has 2 unspecified atom stereocenters. The number of piperidine rings is 1. The van der Waals surface area contributed by atoms with Crippen LogP contribution in [0.5, 0.6) is 0 Å². The molecule has 2 atom stereocenters. The normalized spacial score (nSPS) is 22.6. The third-order valence-electron chi connectivity index (χ3n) is 8.15. The van der Waals surface area contributed by atoms with Gasteiger partial charge in [-0.15, -0.1) is 6.58 Å². The molecule has 6 nitrogen and oxygen atoms in total. The molecule has 2 aliphatic carbocycles. The highest BCUT2D eigenvalue weighted by Crippen LogP contribution is 2.62. The lowest BCUT2D eigenvalue weighted by Crippen LogP contribution is -2.42. The van der Waals surface area contributed by atoms with E-state index in [1.165, 1.54) is 5.57 Å². The third-order valence-corrected chi connectivity index (χ3v) is 8.40. The fourth-order valence-electron chi connectivity index (χ4n) is 5.83. The predicted molar refractivity (Wildman–Crippen MR) is 168 cm³/mol. The van der Waals surface area contributed by atoms with E-state index in [2.05, 4.69) is 37.0 Å². The summed E-state index contributed by atoms with van der Waals surface area (Å²) in [6, 6.07) is 7.46. The smallest absolute Gasteiger partial charge is 0.303 e. The zero-order chi connectivity index (χ0) is 29.2. The number of fused-ring (bicyclic) bond motifs is 1. The molecule has 0 radical (unpaired) electrons. The van der Waals surface area contributed by atoms with Gasteiger partial charge < -0.3 is 10.0 Å². The van der Waals surface area contributed by atoms with E-state index in [0.29, 0.717) is 48.9 Å². The summed E-state index contributed by atoms with van der Waals surface area (Å²) in [6.45, 7) is 8.00. The number of carboxylic acid groups (broad SMARTS) is 1. The number of aliphatic carboxylic acids is 1. The summed E-state index contributed by atoms with van der Waals surface area (Å²) in [7, 11) is 0. The van der Waals surface area contributed by atoms with Crippen molar-refractivity contribution in [3.8, 4) is 0 Å². The minimum Gasteiger partial charge on any atom is -0.481 e. The van der Waals surface area contributed by atoms with Gasteiger partial charge in [0.15, 0.2) is 0 Å². The van der Waals surface area contributed by atoms with Crippen molar-refractivity contribution < 1.29 is 14.7 Å². The Labute approximate surface area is 248 Å². The van der Waals surface area contributed by atoms with Gasteiger partial charge in [-0.1, -0.05) is 66.3 Å². The van der Waals surface area contributed by atoms with E-state index in [4.69, 9.17) is 26.7 Å². The third kappa shape index (κ3) is 8.04. The van der Waals surface area contributed by atoms with Crippen molar-refractivity contribution in [1.29, 1.82) is 0 Å². The molecule has 216 valence electrons. The molecule has 1 aliphatic heterocycles. The molecule has 1 N–H and O–H groups in total. The predicted octanol–water partition coefficient (Wildman–Crippen LogP) is 7.03. The summed E-state index contributed by atoms with van der Waals surface area (Å²) >= 11 is 6.12. The van der Waals surface area contributed by atoms with Crippen LogP contribution in [0.2, 0.25) is 5.02 Å². The molecule has 1 heterocycles. The zero-order valence-electron chi connectivity index (χ0n) is 23.9. The fourth-order valence-corrected chi connectivity index (χ4v) is 5.96. The minimum atomic E-state index is -0.807. The van der Waals surface area contributed by atoms with Crippen molar-refractivity contribution in [1.82, 2.24) is 4.90 Å². The first-order valence-electron chi connectivity index (χ1n) is 14.5. The summed E-state index contributed by atoms with van der Waals surface area (Å²) in [6.07, 6.45) is 19.6. The number of nitrogens with zero attached hydrogens (tertiary/aromatic N) is 3. The second-order valence-electron chi connectivity index (χ2n) is 11.0. The molecule has 1 amide bonds. The number of carbonyl (C=O) groups excluding carboxylic acids is 1. The number of aliphatic imine (C=N–C) groups is 2. The highest BCUT2D eigenvalue weighted by atomic mass is 35.5. The number of hydrogen-bond donors (Lipinski definition) is 1. The van der Waals surface area contributed by atoms with Gasteiger partial charge >= 0.3 is 5.97 Å². The average Bonchev–Trinajstić information content (AvgIpc) is 3.75. The number of rotatable bonds is 13. The Balaban J connectivity index is 1.49. The maximum Gasteiger partial charge on any atom is 0.303 e. The lowest BCUT2D eigenvalue weighted by Gasteiger charge is -2.34. The number of carbonyl (C=O) groups is 2. The number of carboxylic acids is 1. The largest absolute Gasteiger partial charge is 0.481 e. The van der Waals surface area contributed by atoms with Gasteiger partial charge in [0.1, 0.15) is 0 Å². The molecule has 1 aromatic rings. The van der Waals surface area contributed by atoms with Crippen molar-refractivity contribution >= 4 is 34.9 Å². The Morgan fingerprint density at radius 1 is 1.15 bits per heavy atom. The van der Waals surface area contributed by atoms with Crippen LogP contribution >= 0.6 is 11.6 Å². The Morgan fingerprint density at radius 3 is 2.68 bits per heavy atom. The van der Waals surface area contributed by atoms with Crippen molar-refractivity contribution in [2.24, 2.45) is 21.3 Å². The lowest BCUT2D eigenvalue weighted by molar-refractivity contribution is -0.137. The van der Waals surface area contributed by atoms with Crippen LogP contribution in [0.4, 0.5) is 0 Å². The van der Waals surface area contributed by atoms with Crippen molar-refractivity contribution in [3.63, 3.8) is 0 Å². The van der Waals surface area contributed by atoms with Gasteiger partial charge in [0.05, 0.1) is 24.5 Å². The van der Waals surface area contributed by atoms with Gasteiger partial charge in [0.2, 0.25) is 5.91 Å². The van der Waals surface area contributed by atoms with E-state index in [-0.39, 0.29) is 17.7 Å². The van der Waals surface area contributed by atoms with Crippen LogP contribution in [0.1, 0.15) is 57.4 Å². The van der Waals surface area contributed by atoms with Crippen LogP contribution in [-0.2, 0) is 9.59 Å². The highest BCUT2D eigenvalue weighted by molar-refractivity contribution is 6.48. The quantitative estimate of drug-likeness (QED) is 0.119. The number of allylic oxidation sites excluding steroid dienone is 5. The summed E-state index contributed by atoms with van der Waals surface area (Å²) in [4.78, 5) is 36.2. The average molecular weight is 574 g/mol. The number of likely N-dealkylation sites (tertiary alicyclic amines) is 1. The number of amides is 1. The van der Waals surface area contributed by atoms with Crippen LogP contribution in [0.25, 0.3) is 0 Å². The summed E-state index contributed by atoms with van der Waals surface area (Å²) in [5.41, 5.74) is 4.58. The maximum atomic E-state index is 13.5. The monoisotopic (exact) mass is 573 g/mol. The van der Waals surface area contributed by atoms with Gasteiger partial charge in [0, 0.05) is 41.1 Å². The Hall–Kier alpha value is -3.51. The van der Waals surface area contributed by atoms with Gasteiger partial charge in [-0.05, 0) is 69.1 Å². The molecular formula is C34H40ClN3O3. The molecule has 1 saturated heterocycles. The maximum absolute atomic E-state index is 13.5. The molecule has 0 aromatic heterocycles. The number of hydrogen-bond acceptors (Lipinski definition) is 4. The van der Waals surface area contributed by atoms with Crippen LogP contribution < -0.4 is 0 Å². The molecule has 1 saturated carbocycles. The fraction of sp³-hybridized carbons (Fsp3) is 0.412. The van der Waals surface area contributed by atoms with Gasteiger partial charge in [-0.2, -0.15) is 0 Å². The molecule has 3 aliphatic rings. The number of benzene rings is 1. The molecule has 7 heteroatoms. The second-order valence-corrected chi connectivity index (χ2v) is 11.5. The van der Waals surface area contributed by atoms with E-state index in [9.17, 15) is 9.59 Å². The van der Waals surface area contributed by atoms with E-state index >= 15 is 0 Å². The van der Waals surface area contributed by atoms with E-state index < -0.39 is 5.97 Å². The summed E-state index contributed by atoms with van der Waals surface area (Å²) in [5.74, 6) is -0.0689. The highest BCUT2D eigenvalue weighted by Gasteiger charge is 2.58. The van der Waals surface area contributed by atoms with Crippen molar-refractivity contribution in [2.75, 3.05) is 26.2 Å². The first kappa shape index (κ1) is 30.4. The number of halogens is 1. The minimum absolute atomic E-state index is 0.0718. The lowest BCUT2D eigenvalue weighted by atomic mass is 9.87. The molecule has 41 heavy (non-hydrogen) atoms. The number of unbranched alkanes of at least 4 members (excludes halogenated alkanes) is 1.